The van der Waals surface area contributed by atoms with Crippen LogP contribution in [-0.4, -0.2) is 24.4 Å². The Bertz CT molecular complexity index is 502. The van der Waals surface area contributed by atoms with Crippen molar-refractivity contribution in [3.05, 3.63) is 12.5 Å². The van der Waals surface area contributed by atoms with Gasteiger partial charge in [0.15, 0.2) is 5.03 Å². The molecule has 1 fully saturated rings. The highest BCUT2D eigenvalue weighted by Crippen LogP contribution is 2.38. The average molecular weight is 285 g/mol. The van der Waals surface area contributed by atoms with Gasteiger partial charge >= 0.3 is 0 Å². The Morgan fingerprint density at radius 1 is 1.32 bits per heavy atom. The summed E-state index contributed by atoms with van der Waals surface area (Å²) in [5.41, 5.74) is 0.113. The first-order valence-electron chi connectivity index (χ1n) is 6.81. The van der Waals surface area contributed by atoms with Gasteiger partial charge in [-0.3, -0.25) is 0 Å². The number of H-pyrrole nitrogens is 1. The second-order valence-corrected chi connectivity index (χ2v) is 8.08. The van der Waals surface area contributed by atoms with Gasteiger partial charge < -0.3 is 4.98 Å². The number of rotatable bonds is 3. The van der Waals surface area contributed by atoms with Gasteiger partial charge in [-0.1, -0.05) is 33.6 Å². The molecule has 0 aliphatic heterocycles. The van der Waals surface area contributed by atoms with E-state index < -0.39 is 10.0 Å². The predicted molar refractivity (Wildman–Crippen MR) is 74.1 cm³/mol. The highest BCUT2D eigenvalue weighted by molar-refractivity contribution is 7.89. The van der Waals surface area contributed by atoms with Crippen molar-refractivity contribution in [1.29, 1.82) is 0 Å². The number of nitrogens with one attached hydrogen (secondary N) is 2. The summed E-state index contributed by atoms with van der Waals surface area (Å²) in [7, 11) is -3.48. The van der Waals surface area contributed by atoms with Gasteiger partial charge in [0.05, 0.1) is 12.5 Å². The molecule has 108 valence electrons. The van der Waals surface area contributed by atoms with Crippen molar-refractivity contribution in [2.45, 2.75) is 57.5 Å². The topological polar surface area (TPSA) is 74.8 Å². The molecule has 0 amide bonds. The summed E-state index contributed by atoms with van der Waals surface area (Å²) in [6.45, 7) is 6.54. The zero-order chi connectivity index (χ0) is 14.1. The number of aromatic amines is 1. The molecule has 19 heavy (non-hydrogen) atoms. The normalized spacial score (nSPS) is 25.4. The number of hydrogen-bond donors (Lipinski definition) is 2. The molecule has 6 heteroatoms. The van der Waals surface area contributed by atoms with Crippen LogP contribution in [0.15, 0.2) is 17.6 Å². The summed E-state index contributed by atoms with van der Waals surface area (Å²) in [5.74, 6) is 0.374. The summed E-state index contributed by atoms with van der Waals surface area (Å²) in [6, 6.07) is 0.0158. The van der Waals surface area contributed by atoms with Crippen molar-refractivity contribution in [2.24, 2.45) is 11.3 Å². The largest absolute Gasteiger partial charge is 0.335 e. The second-order valence-electron chi connectivity index (χ2n) is 6.40. The van der Waals surface area contributed by atoms with Gasteiger partial charge in [-0.25, -0.2) is 18.1 Å². The summed E-state index contributed by atoms with van der Waals surface area (Å²) in [6.07, 6.45) is 7.00. The minimum atomic E-state index is -3.48. The number of aromatic nitrogens is 2. The quantitative estimate of drug-likeness (QED) is 0.894. The number of nitrogens with zero attached hydrogens (tertiary/aromatic N) is 1. The first-order valence-corrected chi connectivity index (χ1v) is 8.30. The van der Waals surface area contributed by atoms with E-state index in [1.165, 1.54) is 18.9 Å². The van der Waals surface area contributed by atoms with Crippen molar-refractivity contribution in [1.82, 2.24) is 14.7 Å². The summed E-state index contributed by atoms with van der Waals surface area (Å²) in [4.78, 5) is 6.43. The Labute approximate surface area is 115 Å². The molecule has 2 N–H and O–H groups in total. The van der Waals surface area contributed by atoms with Crippen LogP contribution >= 0.6 is 0 Å². The molecule has 2 unspecified atom stereocenters. The van der Waals surface area contributed by atoms with E-state index >= 15 is 0 Å². The van der Waals surface area contributed by atoms with E-state index in [1.54, 1.807) is 0 Å². The fourth-order valence-electron chi connectivity index (χ4n) is 2.96. The van der Waals surface area contributed by atoms with Crippen LogP contribution in [-0.2, 0) is 10.0 Å². The van der Waals surface area contributed by atoms with Gasteiger partial charge in [-0.05, 0) is 24.2 Å². The Balaban J connectivity index is 2.17. The molecule has 1 heterocycles. The van der Waals surface area contributed by atoms with Crippen LogP contribution < -0.4 is 4.72 Å². The minimum Gasteiger partial charge on any atom is -0.335 e. The van der Waals surface area contributed by atoms with E-state index in [1.807, 2.05) is 0 Å². The SMILES string of the molecule is CC(C)(C)C1CCCCC1NS(=O)(=O)c1cnc[nH]1. The first-order chi connectivity index (χ1) is 8.81. The van der Waals surface area contributed by atoms with Gasteiger partial charge in [-0.15, -0.1) is 0 Å². The molecule has 1 saturated carbocycles. The van der Waals surface area contributed by atoms with Gasteiger partial charge in [-0.2, -0.15) is 0 Å². The number of hydrogen-bond acceptors (Lipinski definition) is 3. The molecule has 0 bridgehead atoms. The Kier molecular flexibility index (Phi) is 4.01. The van der Waals surface area contributed by atoms with Gasteiger partial charge in [0, 0.05) is 6.04 Å². The third-order valence-electron chi connectivity index (χ3n) is 3.95. The molecule has 2 atom stereocenters. The maximum absolute atomic E-state index is 12.3. The predicted octanol–water partition coefficient (Wildman–Crippen LogP) is 2.29. The van der Waals surface area contributed by atoms with E-state index in [0.29, 0.717) is 5.92 Å². The lowest BCUT2D eigenvalue weighted by atomic mass is 9.70. The lowest BCUT2D eigenvalue weighted by molar-refractivity contribution is 0.144. The van der Waals surface area contributed by atoms with E-state index in [-0.39, 0.29) is 16.5 Å². The second kappa shape index (κ2) is 5.25. The standard InChI is InChI=1S/C13H23N3O2S/c1-13(2,3)10-6-4-5-7-11(10)16-19(17,18)12-8-14-9-15-12/h8-11,16H,4-7H2,1-3H3,(H,14,15). The minimum absolute atomic E-state index is 0.0158. The Hall–Kier alpha value is -0.880. The summed E-state index contributed by atoms with van der Waals surface area (Å²) >= 11 is 0. The molecule has 1 aliphatic carbocycles. The number of imidazole rings is 1. The lowest BCUT2D eigenvalue weighted by Crippen LogP contribution is -2.46. The van der Waals surface area contributed by atoms with Gasteiger partial charge in [0.25, 0.3) is 10.0 Å². The third-order valence-corrected chi connectivity index (χ3v) is 5.36. The molecule has 0 saturated heterocycles. The molecular formula is C13H23N3O2S. The van der Waals surface area contributed by atoms with Crippen LogP contribution in [0.3, 0.4) is 0 Å². The van der Waals surface area contributed by atoms with Crippen molar-refractivity contribution in [3.63, 3.8) is 0 Å². The van der Waals surface area contributed by atoms with Crippen LogP contribution in [0.25, 0.3) is 0 Å². The highest BCUT2D eigenvalue weighted by atomic mass is 32.2. The summed E-state index contributed by atoms with van der Waals surface area (Å²) in [5, 5.41) is 0.144. The molecule has 0 aromatic carbocycles. The summed E-state index contributed by atoms with van der Waals surface area (Å²) < 4.78 is 27.4. The molecular weight excluding hydrogens is 262 g/mol. The Morgan fingerprint density at radius 2 is 2.00 bits per heavy atom. The zero-order valence-electron chi connectivity index (χ0n) is 11.8. The fraction of sp³-hybridized carbons (Fsp3) is 0.769. The zero-order valence-corrected chi connectivity index (χ0v) is 12.6. The first kappa shape index (κ1) is 14.5. The van der Waals surface area contributed by atoms with Gasteiger partial charge in [0.1, 0.15) is 0 Å². The maximum atomic E-state index is 12.3. The maximum Gasteiger partial charge on any atom is 0.257 e. The molecule has 1 aliphatic rings. The number of sulfonamides is 1. The van der Waals surface area contributed by atoms with Crippen molar-refractivity contribution >= 4 is 10.0 Å². The van der Waals surface area contributed by atoms with E-state index in [2.05, 4.69) is 35.5 Å². The molecule has 1 aromatic rings. The Morgan fingerprint density at radius 3 is 2.58 bits per heavy atom. The van der Waals surface area contributed by atoms with Crippen LogP contribution in [0.2, 0.25) is 0 Å². The van der Waals surface area contributed by atoms with E-state index in [0.717, 1.165) is 19.3 Å². The molecule has 1 aromatic heterocycles. The molecule has 0 spiro atoms. The van der Waals surface area contributed by atoms with Crippen molar-refractivity contribution < 1.29 is 8.42 Å². The fourth-order valence-corrected chi connectivity index (χ4v) is 4.18. The van der Waals surface area contributed by atoms with Gasteiger partial charge in [0.2, 0.25) is 0 Å². The van der Waals surface area contributed by atoms with E-state index in [9.17, 15) is 8.42 Å². The van der Waals surface area contributed by atoms with E-state index in [4.69, 9.17) is 0 Å². The average Bonchev–Trinajstić information content (AvgIpc) is 2.81. The van der Waals surface area contributed by atoms with Crippen molar-refractivity contribution in [2.75, 3.05) is 0 Å². The van der Waals surface area contributed by atoms with Crippen LogP contribution in [0.5, 0.6) is 0 Å². The smallest absolute Gasteiger partial charge is 0.257 e. The van der Waals surface area contributed by atoms with Crippen LogP contribution in [0, 0.1) is 11.3 Å². The van der Waals surface area contributed by atoms with Crippen LogP contribution in [0.4, 0.5) is 0 Å². The highest BCUT2D eigenvalue weighted by Gasteiger charge is 2.36. The third kappa shape index (κ3) is 3.36. The molecule has 0 radical (unpaired) electrons. The van der Waals surface area contributed by atoms with Crippen molar-refractivity contribution in [3.8, 4) is 0 Å². The molecule has 5 nitrogen and oxygen atoms in total. The molecule has 2 rings (SSSR count). The van der Waals surface area contributed by atoms with Crippen LogP contribution in [0.1, 0.15) is 46.5 Å². The lowest BCUT2D eigenvalue weighted by Gasteiger charge is -2.40. The monoisotopic (exact) mass is 285 g/mol.